The van der Waals surface area contributed by atoms with E-state index < -0.39 is 0 Å². The Morgan fingerprint density at radius 3 is 2.46 bits per heavy atom. The van der Waals surface area contributed by atoms with Gasteiger partial charge in [-0.1, -0.05) is 43.2 Å². The van der Waals surface area contributed by atoms with Gasteiger partial charge in [0.25, 0.3) is 5.91 Å². The molecule has 2 fully saturated rings. The van der Waals surface area contributed by atoms with Crippen molar-refractivity contribution in [1.82, 2.24) is 20.0 Å². The first-order valence-electron chi connectivity index (χ1n) is 10.8. The molecule has 1 saturated heterocycles. The number of rotatable bonds is 6. The largest absolute Gasteiger partial charge is 0.348 e. The number of carbonyl (C=O) groups is 1. The number of hydrogen-bond acceptors (Lipinski definition) is 3. The molecule has 1 N–H and O–H groups in total. The van der Waals surface area contributed by atoms with Crippen LogP contribution in [0.2, 0.25) is 0 Å². The number of amides is 1. The van der Waals surface area contributed by atoms with E-state index >= 15 is 0 Å². The zero-order valence-corrected chi connectivity index (χ0v) is 16.9. The monoisotopic (exact) mass is 380 g/mol. The van der Waals surface area contributed by atoms with Crippen molar-refractivity contribution in [3.63, 3.8) is 0 Å². The maximum Gasteiger partial charge on any atom is 0.269 e. The van der Waals surface area contributed by atoms with Gasteiger partial charge in [-0.05, 0) is 49.1 Å². The molecule has 1 aliphatic heterocycles. The second kappa shape index (κ2) is 8.91. The summed E-state index contributed by atoms with van der Waals surface area (Å²) in [6.07, 6.45) is 9.23. The van der Waals surface area contributed by atoms with Crippen LogP contribution in [0, 0.1) is 5.92 Å². The number of piperidine rings is 1. The number of nitrogens with zero attached hydrogens (tertiary/aromatic N) is 3. The van der Waals surface area contributed by atoms with E-state index in [2.05, 4.69) is 45.6 Å². The Morgan fingerprint density at radius 1 is 1.11 bits per heavy atom. The van der Waals surface area contributed by atoms with Crippen molar-refractivity contribution in [2.45, 2.75) is 50.5 Å². The molecule has 1 amide bonds. The minimum absolute atomic E-state index is 0.00781. The fourth-order valence-electron chi connectivity index (χ4n) is 4.98. The Labute approximate surface area is 168 Å². The lowest BCUT2D eigenvalue weighted by Crippen LogP contribution is -2.46. The second-order valence-corrected chi connectivity index (χ2v) is 8.45. The second-order valence-electron chi connectivity index (χ2n) is 8.45. The molecule has 5 heteroatoms. The smallest absolute Gasteiger partial charge is 0.269 e. The van der Waals surface area contributed by atoms with Crippen LogP contribution >= 0.6 is 0 Å². The van der Waals surface area contributed by atoms with E-state index in [-0.39, 0.29) is 11.9 Å². The highest BCUT2D eigenvalue weighted by Crippen LogP contribution is 2.38. The minimum atomic E-state index is -0.00781. The molecule has 1 unspecified atom stereocenters. The third kappa shape index (κ3) is 4.46. The summed E-state index contributed by atoms with van der Waals surface area (Å²) in [5.74, 6) is 1.46. The predicted octanol–water partition coefficient (Wildman–Crippen LogP) is 3.59. The van der Waals surface area contributed by atoms with Crippen molar-refractivity contribution in [2.75, 3.05) is 19.6 Å². The summed E-state index contributed by atoms with van der Waals surface area (Å²) >= 11 is 0. The number of nitrogens with one attached hydrogen (secondary N) is 1. The van der Waals surface area contributed by atoms with Gasteiger partial charge in [-0.2, -0.15) is 5.10 Å². The van der Waals surface area contributed by atoms with Gasteiger partial charge in [-0.3, -0.25) is 9.48 Å². The molecule has 0 bridgehead atoms. The van der Waals surface area contributed by atoms with Crippen LogP contribution in [-0.4, -0.2) is 46.3 Å². The quantitative estimate of drug-likeness (QED) is 0.833. The fraction of sp³-hybridized carbons (Fsp3) is 0.565. The summed E-state index contributed by atoms with van der Waals surface area (Å²) in [5.41, 5.74) is 2.13. The molecule has 0 spiro atoms. The van der Waals surface area contributed by atoms with Gasteiger partial charge < -0.3 is 10.2 Å². The van der Waals surface area contributed by atoms with Gasteiger partial charge in [0.2, 0.25) is 0 Å². The Bertz CT molecular complexity index is 758. The van der Waals surface area contributed by atoms with Gasteiger partial charge in [-0.25, -0.2) is 0 Å². The van der Waals surface area contributed by atoms with Crippen LogP contribution in [-0.2, 0) is 7.05 Å². The Morgan fingerprint density at radius 2 is 1.82 bits per heavy atom. The van der Waals surface area contributed by atoms with Gasteiger partial charge in [0.1, 0.15) is 5.69 Å². The molecule has 1 aromatic carbocycles. The number of aromatic nitrogens is 2. The van der Waals surface area contributed by atoms with E-state index in [1.54, 1.807) is 16.9 Å². The Kier molecular flexibility index (Phi) is 6.10. The van der Waals surface area contributed by atoms with Crippen LogP contribution in [0.4, 0.5) is 0 Å². The van der Waals surface area contributed by atoms with Gasteiger partial charge in [0.05, 0.1) is 0 Å². The standard InChI is InChI=1S/C23H32N4O/c1-26-22(11-14-24-26)23(28)25-20-12-15-27(16-13-20)17-21(19-9-5-6-10-19)18-7-3-2-4-8-18/h2-4,7-8,11,14,19-21H,5-6,9-10,12-13,15-17H2,1H3,(H,25,28). The van der Waals surface area contributed by atoms with Crippen molar-refractivity contribution < 1.29 is 4.79 Å². The minimum Gasteiger partial charge on any atom is -0.348 e. The number of benzene rings is 1. The summed E-state index contributed by atoms with van der Waals surface area (Å²) in [4.78, 5) is 15.0. The normalized spacial score (nSPS) is 20.3. The van der Waals surface area contributed by atoms with Crippen LogP contribution in [0.5, 0.6) is 0 Å². The van der Waals surface area contributed by atoms with Gasteiger partial charge >= 0.3 is 0 Å². The van der Waals surface area contributed by atoms with Crippen molar-refractivity contribution in [3.05, 3.63) is 53.9 Å². The van der Waals surface area contributed by atoms with Gasteiger partial charge in [-0.15, -0.1) is 0 Å². The van der Waals surface area contributed by atoms with E-state index in [0.29, 0.717) is 11.6 Å². The lowest BCUT2D eigenvalue weighted by Gasteiger charge is -2.36. The molecule has 28 heavy (non-hydrogen) atoms. The summed E-state index contributed by atoms with van der Waals surface area (Å²) < 4.78 is 1.64. The average molecular weight is 381 g/mol. The average Bonchev–Trinajstić information content (AvgIpc) is 3.40. The number of carbonyl (C=O) groups excluding carboxylic acids is 1. The lowest BCUT2D eigenvalue weighted by atomic mass is 9.84. The molecule has 5 nitrogen and oxygen atoms in total. The summed E-state index contributed by atoms with van der Waals surface area (Å²) in [7, 11) is 1.81. The number of likely N-dealkylation sites (tertiary alicyclic amines) is 1. The molecule has 1 aromatic heterocycles. The fourth-order valence-corrected chi connectivity index (χ4v) is 4.98. The first-order chi connectivity index (χ1) is 13.7. The molecular weight excluding hydrogens is 348 g/mol. The van der Waals surface area contributed by atoms with Gasteiger partial charge in [0.15, 0.2) is 0 Å². The first-order valence-corrected chi connectivity index (χ1v) is 10.8. The van der Waals surface area contributed by atoms with Crippen LogP contribution in [0.1, 0.15) is 60.5 Å². The Hall–Kier alpha value is -2.14. The lowest BCUT2D eigenvalue weighted by molar-refractivity contribution is 0.0897. The molecule has 150 valence electrons. The summed E-state index contributed by atoms with van der Waals surface area (Å²) in [6, 6.07) is 13.1. The molecule has 1 saturated carbocycles. The molecular formula is C23H32N4O. The van der Waals surface area contributed by atoms with Crippen molar-refractivity contribution in [2.24, 2.45) is 13.0 Å². The van der Waals surface area contributed by atoms with Gasteiger partial charge in [0, 0.05) is 38.9 Å². The molecule has 2 aliphatic rings. The van der Waals surface area contributed by atoms with E-state index in [9.17, 15) is 4.79 Å². The van der Waals surface area contributed by atoms with Crippen LogP contribution in [0.3, 0.4) is 0 Å². The zero-order chi connectivity index (χ0) is 19.3. The number of aryl methyl sites for hydroxylation is 1. The van der Waals surface area contributed by atoms with E-state index in [1.807, 2.05) is 7.05 Å². The molecule has 1 atom stereocenters. The maximum atomic E-state index is 12.4. The van der Waals surface area contributed by atoms with Crippen LogP contribution in [0.15, 0.2) is 42.6 Å². The topological polar surface area (TPSA) is 50.2 Å². The van der Waals surface area contributed by atoms with Crippen molar-refractivity contribution in [3.8, 4) is 0 Å². The van der Waals surface area contributed by atoms with Crippen molar-refractivity contribution in [1.29, 1.82) is 0 Å². The van der Waals surface area contributed by atoms with E-state index in [4.69, 9.17) is 0 Å². The molecule has 1 aliphatic carbocycles. The van der Waals surface area contributed by atoms with Crippen LogP contribution < -0.4 is 5.32 Å². The van der Waals surface area contributed by atoms with E-state index in [1.165, 1.54) is 31.2 Å². The predicted molar refractivity (Wildman–Crippen MR) is 111 cm³/mol. The Balaban J connectivity index is 1.32. The summed E-state index contributed by atoms with van der Waals surface area (Å²) in [6.45, 7) is 3.27. The molecule has 2 heterocycles. The third-order valence-corrected chi connectivity index (χ3v) is 6.63. The molecule has 4 rings (SSSR count). The maximum absolute atomic E-state index is 12.4. The highest BCUT2D eigenvalue weighted by Gasteiger charge is 2.30. The number of hydrogen-bond donors (Lipinski definition) is 1. The third-order valence-electron chi connectivity index (χ3n) is 6.63. The van der Waals surface area contributed by atoms with Crippen LogP contribution in [0.25, 0.3) is 0 Å². The van der Waals surface area contributed by atoms with E-state index in [0.717, 1.165) is 38.4 Å². The van der Waals surface area contributed by atoms with Crippen molar-refractivity contribution >= 4 is 5.91 Å². The molecule has 2 aromatic rings. The zero-order valence-electron chi connectivity index (χ0n) is 16.9. The summed E-state index contributed by atoms with van der Waals surface area (Å²) in [5, 5.41) is 7.29. The highest BCUT2D eigenvalue weighted by molar-refractivity contribution is 5.92. The highest BCUT2D eigenvalue weighted by atomic mass is 16.2. The first kappa shape index (κ1) is 19.2. The SMILES string of the molecule is Cn1nccc1C(=O)NC1CCN(CC(c2ccccc2)C2CCCC2)CC1. The molecule has 0 radical (unpaired) electrons.